The standard InChI is InChI=1S/C54H37NS/c1-4-12-38(13-5-1)41-20-22-43(23-21-41)45-30-34-48(35-31-45)55(47-32-28-44(29-33-47)40-16-8-3-9-17-40)49-36-51(54-52(37-49)50-18-10-11-19-53(50)56-54)46-26-24-42(25-27-46)39-14-6-2-7-15-39/h1-37H. The first kappa shape index (κ1) is 33.6. The monoisotopic (exact) mass is 731 g/mol. The summed E-state index contributed by atoms with van der Waals surface area (Å²) >= 11 is 1.88. The van der Waals surface area contributed by atoms with Gasteiger partial charge in [-0.25, -0.2) is 0 Å². The van der Waals surface area contributed by atoms with Gasteiger partial charge in [0.15, 0.2) is 0 Å². The number of fused-ring (bicyclic) bond motifs is 3. The van der Waals surface area contributed by atoms with Crippen molar-refractivity contribution in [2.24, 2.45) is 0 Å². The van der Waals surface area contributed by atoms with Gasteiger partial charge in [0.25, 0.3) is 0 Å². The van der Waals surface area contributed by atoms with E-state index in [9.17, 15) is 0 Å². The Balaban J connectivity index is 1.10. The molecule has 0 unspecified atom stereocenters. The molecule has 264 valence electrons. The number of hydrogen-bond donors (Lipinski definition) is 0. The fourth-order valence-corrected chi connectivity index (χ4v) is 9.02. The summed E-state index contributed by atoms with van der Waals surface area (Å²) in [7, 11) is 0. The molecule has 9 aromatic carbocycles. The van der Waals surface area contributed by atoms with Crippen LogP contribution in [0.4, 0.5) is 17.1 Å². The lowest BCUT2D eigenvalue weighted by atomic mass is 9.97. The first-order valence-corrected chi connectivity index (χ1v) is 19.9. The van der Waals surface area contributed by atoms with E-state index >= 15 is 0 Å². The average molecular weight is 732 g/mol. The third-order valence-electron chi connectivity index (χ3n) is 10.7. The minimum absolute atomic E-state index is 1.10. The summed E-state index contributed by atoms with van der Waals surface area (Å²) in [5.41, 5.74) is 15.4. The molecule has 56 heavy (non-hydrogen) atoms. The van der Waals surface area contributed by atoms with Gasteiger partial charge in [-0.3, -0.25) is 0 Å². The van der Waals surface area contributed by atoms with Gasteiger partial charge in [-0.15, -0.1) is 11.3 Å². The average Bonchev–Trinajstić information content (AvgIpc) is 3.66. The molecule has 0 amide bonds. The van der Waals surface area contributed by atoms with Gasteiger partial charge < -0.3 is 4.90 Å². The molecule has 1 heterocycles. The van der Waals surface area contributed by atoms with E-state index in [0.717, 1.165) is 17.1 Å². The van der Waals surface area contributed by atoms with E-state index in [0.29, 0.717) is 0 Å². The highest BCUT2D eigenvalue weighted by molar-refractivity contribution is 7.26. The fraction of sp³-hybridized carbons (Fsp3) is 0. The molecule has 0 saturated carbocycles. The lowest BCUT2D eigenvalue weighted by Gasteiger charge is -2.27. The van der Waals surface area contributed by atoms with Crippen LogP contribution in [0.5, 0.6) is 0 Å². The lowest BCUT2D eigenvalue weighted by molar-refractivity contribution is 1.29. The van der Waals surface area contributed by atoms with E-state index in [2.05, 4.69) is 229 Å². The molecule has 0 bridgehead atoms. The summed E-state index contributed by atoms with van der Waals surface area (Å²) in [6.07, 6.45) is 0. The summed E-state index contributed by atoms with van der Waals surface area (Å²) in [5, 5.41) is 2.55. The smallest absolute Gasteiger partial charge is 0.0475 e. The zero-order chi connectivity index (χ0) is 37.3. The molecule has 0 aliphatic carbocycles. The summed E-state index contributed by atoms with van der Waals surface area (Å²) < 4.78 is 2.60. The summed E-state index contributed by atoms with van der Waals surface area (Å²) in [5.74, 6) is 0. The van der Waals surface area contributed by atoms with E-state index in [1.807, 2.05) is 11.3 Å². The lowest BCUT2D eigenvalue weighted by Crippen LogP contribution is -2.10. The molecule has 1 nitrogen and oxygen atoms in total. The molecule has 0 spiro atoms. The van der Waals surface area contributed by atoms with Crippen LogP contribution in [0.3, 0.4) is 0 Å². The Morgan fingerprint density at radius 2 is 0.625 bits per heavy atom. The molecule has 2 heteroatoms. The molecule has 0 N–H and O–H groups in total. The zero-order valence-electron chi connectivity index (χ0n) is 30.7. The Hall–Kier alpha value is -7.00. The highest BCUT2D eigenvalue weighted by Gasteiger charge is 2.19. The van der Waals surface area contributed by atoms with Crippen molar-refractivity contribution in [2.75, 3.05) is 4.90 Å². The van der Waals surface area contributed by atoms with Crippen molar-refractivity contribution in [3.63, 3.8) is 0 Å². The van der Waals surface area contributed by atoms with Crippen molar-refractivity contribution < 1.29 is 0 Å². The van der Waals surface area contributed by atoms with E-state index in [1.54, 1.807) is 0 Å². The highest BCUT2D eigenvalue weighted by atomic mass is 32.1. The number of thiophene rings is 1. The maximum Gasteiger partial charge on any atom is 0.0475 e. The molecule has 0 fully saturated rings. The van der Waals surface area contributed by atoms with Crippen LogP contribution in [0.25, 0.3) is 75.8 Å². The Morgan fingerprint density at radius 3 is 1.07 bits per heavy atom. The van der Waals surface area contributed by atoms with Crippen molar-refractivity contribution in [3.05, 3.63) is 224 Å². The third-order valence-corrected chi connectivity index (χ3v) is 11.9. The largest absolute Gasteiger partial charge is 0.310 e. The van der Waals surface area contributed by atoms with E-state index < -0.39 is 0 Å². The molecule has 0 aliphatic rings. The zero-order valence-corrected chi connectivity index (χ0v) is 31.5. The molecule has 0 atom stereocenters. The molecule has 10 rings (SSSR count). The van der Waals surface area contributed by atoms with Gasteiger partial charge in [0.2, 0.25) is 0 Å². The molecule has 10 aromatic rings. The topological polar surface area (TPSA) is 3.24 Å². The van der Waals surface area contributed by atoms with Crippen LogP contribution in [0.1, 0.15) is 0 Å². The minimum Gasteiger partial charge on any atom is -0.310 e. The normalized spacial score (nSPS) is 11.2. The Bertz CT molecular complexity index is 2900. The first-order valence-electron chi connectivity index (χ1n) is 19.1. The number of anilines is 3. The van der Waals surface area contributed by atoms with E-state index in [-0.39, 0.29) is 0 Å². The second kappa shape index (κ2) is 14.7. The maximum atomic E-state index is 2.41. The molecule has 0 radical (unpaired) electrons. The fourth-order valence-electron chi connectivity index (χ4n) is 7.80. The second-order valence-electron chi connectivity index (χ2n) is 14.2. The molecular weight excluding hydrogens is 695 g/mol. The SMILES string of the molecule is c1ccc(-c2ccc(-c3ccc(N(c4ccc(-c5ccccc5)cc4)c4cc(-c5ccc(-c6ccccc6)cc5)c5sc6ccccc6c5c4)cc3)cc2)cc1. The Labute approximate surface area is 332 Å². The van der Waals surface area contributed by atoms with Crippen LogP contribution in [-0.4, -0.2) is 0 Å². The summed E-state index contributed by atoms with van der Waals surface area (Å²) in [4.78, 5) is 2.41. The van der Waals surface area contributed by atoms with Crippen molar-refractivity contribution in [2.45, 2.75) is 0 Å². The molecule has 0 aliphatic heterocycles. The van der Waals surface area contributed by atoms with Crippen LogP contribution in [0.15, 0.2) is 224 Å². The van der Waals surface area contributed by atoms with Crippen LogP contribution in [0, 0.1) is 0 Å². The molecule has 1 aromatic heterocycles. The second-order valence-corrected chi connectivity index (χ2v) is 15.2. The van der Waals surface area contributed by atoms with Gasteiger partial charge in [0.1, 0.15) is 0 Å². The minimum atomic E-state index is 1.10. The number of hydrogen-bond acceptors (Lipinski definition) is 2. The van der Waals surface area contributed by atoms with Crippen molar-refractivity contribution >= 4 is 48.6 Å². The van der Waals surface area contributed by atoms with Crippen LogP contribution in [0.2, 0.25) is 0 Å². The van der Waals surface area contributed by atoms with Gasteiger partial charge in [-0.1, -0.05) is 182 Å². The summed E-state index contributed by atoms with van der Waals surface area (Å²) in [6, 6.07) is 81.3. The van der Waals surface area contributed by atoms with Crippen LogP contribution >= 0.6 is 11.3 Å². The van der Waals surface area contributed by atoms with Crippen LogP contribution < -0.4 is 4.90 Å². The van der Waals surface area contributed by atoms with Crippen molar-refractivity contribution in [1.82, 2.24) is 0 Å². The van der Waals surface area contributed by atoms with Gasteiger partial charge in [-0.05, 0) is 92.5 Å². The highest BCUT2D eigenvalue weighted by Crippen LogP contribution is 2.46. The first-order chi connectivity index (χ1) is 27.7. The predicted octanol–water partition coefficient (Wildman–Crippen LogP) is 15.9. The van der Waals surface area contributed by atoms with Gasteiger partial charge in [0, 0.05) is 42.8 Å². The predicted molar refractivity (Wildman–Crippen MR) is 241 cm³/mol. The maximum absolute atomic E-state index is 2.41. The van der Waals surface area contributed by atoms with E-state index in [4.69, 9.17) is 0 Å². The number of rotatable bonds is 8. The van der Waals surface area contributed by atoms with Gasteiger partial charge in [0.05, 0.1) is 0 Å². The summed E-state index contributed by atoms with van der Waals surface area (Å²) in [6.45, 7) is 0. The molecular formula is C54H37NS. The van der Waals surface area contributed by atoms with Gasteiger partial charge >= 0.3 is 0 Å². The Morgan fingerprint density at radius 1 is 0.268 bits per heavy atom. The third kappa shape index (κ3) is 6.47. The number of nitrogens with zero attached hydrogens (tertiary/aromatic N) is 1. The number of benzene rings is 9. The Kier molecular flexibility index (Phi) is 8.79. The van der Waals surface area contributed by atoms with Gasteiger partial charge in [-0.2, -0.15) is 0 Å². The van der Waals surface area contributed by atoms with Crippen molar-refractivity contribution in [3.8, 4) is 55.6 Å². The van der Waals surface area contributed by atoms with Crippen LogP contribution in [-0.2, 0) is 0 Å². The quantitative estimate of drug-likeness (QED) is 0.150. The molecule has 0 saturated heterocycles. The van der Waals surface area contributed by atoms with E-state index in [1.165, 1.54) is 75.8 Å². The van der Waals surface area contributed by atoms with Crippen molar-refractivity contribution in [1.29, 1.82) is 0 Å².